The van der Waals surface area contributed by atoms with E-state index in [1.54, 1.807) is 0 Å². The quantitative estimate of drug-likeness (QED) is 0.467. The first-order chi connectivity index (χ1) is 9.00. The summed E-state index contributed by atoms with van der Waals surface area (Å²) in [5, 5.41) is 0. The average molecular weight is 246 g/mol. The summed E-state index contributed by atoms with van der Waals surface area (Å²) < 4.78 is 0. The first-order valence-corrected chi connectivity index (χ1v) is 7.98. The molecule has 0 heterocycles. The van der Waals surface area contributed by atoms with Crippen molar-refractivity contribution in [2.75, 3.05) is 0 Å². The average Bonchev–Trinajstić information content (AvgIpc) is 2.39. The van der Waals surface area contributed by atoms with E-state index < -0.39 is 0 Å². The summed E-state index contributed by atoms with van der Waals surface area (Å²) in [7, 11) is 0. The molecule has 1 aliphatic carbocycles. The predicted octanol–water partition coefficient (Wildman–Crippen LogP) is 6.35. The van der Waals surface area contributed by atoms with E-state index in [0.29, 0.717) is 0 Å². The summed E-state index contributed by atoms with van der Waals surface area (Å²) in [4.78, 5) is 0. The van der Waals surface area contributed by atoms with Crippen LogP contribution in [0.15, 0.2) is 36.5 Å². The number of hydrogen-bond donors (Lipinski definition) is 0. The monoisotopic (exact) mass is 246 g/mol. The summed E-state index contributed by atoms with van der Waals surface area (Å²) in [6.07, 6.45) is 30.0. The minimum Gasteiger partial charge on any atom is -0.0845 e. The molecule has 0 aromatic heterocycles. The van der Waals surface area contributed by atoms with Gasteiger partial charge in [0.1, 0.15) is 0 Å². The SMILES string of the molecule is C1=CC=CCCCCCCCCCCCCC=C1. The summed E-state index contributed by atoms with van der Waals surface area (Å²) in [6, 6.07) is 0. The summed E-state index contributed by atoms with van der Waals surface area (Å²) in [5.74, 6) is 0. The Morgan fingerprint density at radius 1 is 0.333 bits per heavy atom. The van der Waals surface area contributed by atoms with Gasteiger partial charge in [0.25, 0.3) is 0 Å². The van der Waals surface area contributed by atoms with E-state index in [-0.39, 0.29) is 0 Å². The smallest absolute Gasteiger partial charge is 0.0348 e. The van der Waals surface area contributed by atoms with Crippen LogP contribution in [0.2, 0.25) is 0 Å². The second kappa shape index (κ2) is 12.7. The Bertz CT molecular complexity index is 219. The van der Waals surface area contributed by atoms with Crippen molar-refractivity contribution in [2.45, 2.75) is 77.0 Å². The highest BCUT2D eigenvalue weighted by Gasteiger charge is 1.92. The molecule has 0 radical (unpaired) electrons. The first kappa shape index (κ1) is 15.3. The maximum Gasteiger partial charge on any atom is -0.0348 e. The van der Waals surface area contributed by atoms with Crippen LogP contribution in [0.4, 0.5) is 0 Å². The fraction of sp³-hybridized carbons (Fsp3) is 0.667. The molecule has 102 valence electrons. The molecular weight excluding hydrogens is 216 g/mol. The lowest BCUT2D eigenvalue weighted by molar-refractivity contribution is 0.553. The van der Waals surface area contributed by atoms with Gasteiger partial charge in [-0.25, -0.2) is 0 Å². The van der Waals surface area contributed by atoms with E-state index in [9.17, 15) is 0 Å². The molecule has 0 atom stereocenters. The molecule has 0 aromatic carbocycles. The first-order valence-electron chi connectivity index (χ1n) is 7.98. The third kappa shape index (κ3) is 10.4. The molecule has 0 heteroatoms. The maximum atomic E-state index is 2.30. The molecule has 0 N–H and O–H groups in total. The van der Waals surface area contributed by atoms with E-state index >= 15 is 0 Å². The van der Waals surface area contributed by atoms with Crippen molar-refractivity contribution in [2.24, 2.45) is 0 Å². The number of rotatable bonds is 0. The van der Waals surface area contributed by atoms with Gasteiger partial charge in [0.15, 0.2) is 0 Å². The van der Waals surface area contributed by atoms with Crippen LogP contribution >= 0.6 is 0 Å². The van der Waals surface area contributed by atoms with E-state index in [4.69, 9.17) is 0 Å². The molecule has 0 fully saturated rings. The predicted molar refractivity (Wildman–Crippen MR) is 82.8 cm³/mol. The fourth-order valence-electron chi connectivity index (χ4n) is 2.42. The lowest BCUT2D eigenvalue weighted by Gasteiger charge is -2.02. The molecule has 1 aliphatic rings. The highest BCUT2D eigenvalue weighted by Crippen LogP contribution is 2.12. The van der Waals surface area contributed by atoms with Crippen LogP contribution in [-0.4, -0.2) is 0 Å². The Hall–Kier alpha value is -0.780. The largest absolute Gasteiger partial charge is 0.0845 e. The van der Waals surface area contributed by atoms with E-state index in [2.05, 4.69) is 36.5 Å². The van der Waals surface area contributed by atoms with Crippen molar-refractivity contribution >= 4 is 0 Å². The highest BCUT2D eigenvalue weighted by molar-refractivity contribution is 5.10. The minimum atomic E-state index is 1.24. The van der Waals surface area contributed by atoms with Crippen molar-refractivity contribution in [1.29, 1.82) is 0 Å². The van der Waals surface area contributed by atoms with Crippen LogP contribution in [0.1, 0.15) is 77.0 Å². The van der Waals surface area contributed by atoms with Gasteiger partial charge in [-0.05, 0) is 25.7 Å². The van der Waals surface area contributed by atoms with E-state index in [1.807, 2.05) is 0 Å². The second-order valence-corrected chi connectivity index (χ2v) is 5.35. The van der Waals surface area contributed by atoms with E-state index in [1.165, 1.54) is 77.0 Å². The van der Waals surface area contributed by atoms with Gasteiger partial charge in [0.2, 0.25) is 0 Å². The molecule has 1 rings (SSSR count). The van der Waals surface area contributed by atoms with Crippen molar-refractivity contribution in [1.82, 2.24) is 0 Å². The third-order valence-corrected chi connectivity index (χ3v) is 3.60. The molecule has 0 unspecified atom stereocenters. The van der Waals surface area contributed by atoms with Crippen LogP contribution < -0.4 is 0 Å². The molecule has 0 nitrogen and oxygen atoms in total. The third-order valence-electron chi connectivity index (χ3n) is 3.60. The topological polar surface area (TPSA) is 0 Å². The molecule has 0 amide bonds. The molecule has 0 saturated carbocycles. The maximum absolute atomic E-state index is 2.30. The summed E-state index contributed by atoms with van der Waals surface area (Å²) >= 11 is 0. The van der Waals surface area contributed by atoms with Gasteiger partial charge in [-0.1, -0.05) is 87.8 Å². The number of hydrogen-bond acceptors (Lipinski definition) is 0. The van der Waals surface area contributed by atoms with Crippen LogP contribution in [0, 0.1) is 0 Å². The molecular formula is C18H30. The van der Waals surface area contributed by atoms with Gasteiger partial charge in [0.05, 0.1) is 0 Å². The lowest BCUT2D eigenvalue weighted by atomic mass is 10.0. The zero-order chi connectivity index (χ0) is 12.7. The van der Waals surface area contributed by atoms with Gasteiger partial charge in [-0.2, -0.15) is 0 Å². The number of allylic oxidation sites excluding steroid dienone is 6. The molecule has 0 aromatic rings. The Kier molecular flexibility index (Phi) is 10.8. The van der Waals surface area contributed by atoms with Gasteiger partial charge in [0, 0.05) is 0 Å². The summed E-state index contributed by atoms with van der Waals surface area (Å²) in [5.41, 5.74) is 0. The Morgan fingerprint density at radius 3 is 1.06 bits per heavy atom. The zero-order valence-corrected chi connectivity index (χ0v) is 11.9. The minimum absolute atomic E-state index is 1.24. The molecule has 0 aliphatic heterocycles. The Labute approximate surface area is 114 Å². The standard InChI is InChI=1S/C18H30/c1-2-4-6-8-10-12-14-16-18-17-15-13-11-9-7-5-3-1/h1-6H,7-18H2. The van der Waals surface area contributed by atoms with Crippen molar-refractivity contribution in [3.05, 3.63) is 36.5 Å². The van der Waals surface area contributed by atoms with Gasteiger partial charge in [-0.15, -0.1) is 0 Å². The summed E-state index contributed by atoms with van der Waals surface area (Å²) in [6.45, 7) is 0. The van der Waals surface area contributed by atoms with Crippen molar-refractivity contribution < 1.29 is 0 Å². The van der Waals surface area contributed by atoms with Gasteiger partial charge >= 0.3 is 0 Å². The molecule has 0 bridgehead atoms. The van der Waals surface area contributed by atoms with Crippen molar-refractivity contribution in [3.63, 3.8) is 0 Å². The fourth-order valence-corrected chi connectivity index (χ4v) is 2.42. The second-order valence-electron chi connectivity index (χ2n) is 5.35. The van der Waals surface area contributed by atoms with Crippen LogP contribution in [-0.2, 0) is 0 Å². The highest BCUT2D eigenvalue weighted by atomic mass is 14.0. The van der Waals surface area contributed by atoms with Gasteiger partial charge < -0.3 is 0 Å². The Morgan fingerprint density at radius 2 is 0.667 bits per heavy atom. The van der Waals surface area contributed by atoms with Crippen LogP contribution in [0.25, 0.3) is 0 Å². The Balaban J connectivity index is 2.20. The van der Waals surface area contributed by atoms with E-state index in [0.717, 1.165) is 0 Å². The van der Waals surface area contributed by atoms with Gasteiger partial charge in [-0.3, -0.25) is 0 Å². The van der Waals surface area contributed by atoms with Crippen molar-refractivity contribution in [3.8, 4) is 0 Å². The van der Waals surface area contributed by atoms with Crippen LogP contribution in [0.5, 0.6) is 0 Å². The lowest BCUT2D eigenvalue weighted by Crippen LogP contribution is -1.82. The molecule has 0 saturated heterocycles. The zero-order valence-electron chi connectivity index (χ0n) is 11.9. The molecule has 18 heavy (non-hydrogen) atoms. The molecule has 0 spiro atoms. The van der Waals surface area contributed by atoms with Crippen LogP contribution in [0.3, 0.4) is 0 Å². The normalized spacial score (nSPS) is 21.3.